The quantitative estimate of drug-likeness (QED) is 0.730. The van der Waals surface area contributed by atoms with Crippen LogP contribution in [0.1, 0.15) is 29.5 Å². The Balaban J connectivity index is 1.64. The SMILES string of the molecule is O=C1C=CC(=C2C=Cc3cc4c5c(c3O2)CCCN5CCC4)C=C1. The van der Waals surface area contributed by atoms with Crippen molar-refractivity contribution in [1.29, 1.82) is 0 Å². The van der Waals surface area contributed by atoms with Crippen LogP contribution in [-0.4, -0.2) is 18.9 Å². The number of hydrogen-bond donors (Lipinski definition) is 0. The van der Waals surface area contributed by atoms with Crippen LogP contribution in [0.4, 0.5) is 5.69 Å². The summed E-state index contributed by atoms with van der Waals surface area (Å²) < 4.78 is 6.33. The minimum Gasteiger partial charge on any atom is -0.456 e. The molecule has 4 aliphatic rings. The molecule has 0 N–H and O–H groups in total. The van der Waals surface area contributed by atoms with Gasteiger partial charge in [-0.05, 0) is 73.8 Å². The van der Waals surface area contributed by atoms with Crippen LogP contribution in [0.3, 0.4) is 0 Å². The van der Waals surface area contributed by atoms with Gasteiger partial charge in [0.05, 0.1) is 0 Å². The topological polar surface area (TPSA) is 29.5 Å². The lowest BCUT2D eigenvalue weighted by Gasteiger charge is -2.38. The number of ether oxygens (including phenoxy) is 1. The molecule has 3 nitrogen and oxygen atoms in total. The van der Waals surface area contributed by atoms with Gasteiger partial charge in [0, 0.05) is 35.5 Å². The van der Waals surface area contributed by atoms with Crippen molar-refractivity contribution >= 4 is 17.5 Å². The van der Waals surface area contributed by atoms with E-state index in [4.69, 9.17) is 4.74 Å². The summed E-state index contributed by atoms with van der Waals surface area (Å²) in [5.41, 5.74) is 6.42. The number of fused-ring (bicyclic) bond motifs is 2. The van der Waals surface area contributed by atoms with Gasteiger partial charge >= 0.3 is 0 Å². The van der Waals surface area contributed by atoms with E-state index in [1.807, 2.05) is 18.2 Å². The normalized spacial score (nSPS) is 20.8. The summed E-state index contributed by atoms with van der Waals surface area (Å²) in [6.45, 7) is 2.33. The smallest absolute Gasteiger partial charge is 0.178 e. The van der Waals surface area contributed by atoms with Crippen molar-refractivity contribution in [3.8, 4) is 5.75 Å². The lowest BCUT2D eigenvalue weighted by molar-refractivity contribution is -0.110. The second-order valence-corrected chi connectivity index (χ2v) is 6.80. The maximum Gasteiger partial charge on any atom is 0.178 e. The minimum atomic E-state index is 0.0272. The molecule has 24 heavy (non-hydrogen) atoms. The largest absolute Gasteiger partial charge is 0.456 e. The zero-order valence-corrected chi connectivity index (χ0v) is 13.5. The number of allylic oxidation sites excluding steroid dienone is 6. The van der Waals surface area contributed by atoms with Crippen LogP contribution in [0.25, 0.3) is 6.08 Å². The molecular formula is C21H19NO2. The van der Waals surface area contributed by atoms with Gasteiger partial charge in [0.25, 0.3) is 0 Å². The number of carbonyl (C=O) groups is 1. The maximum atomic E-state index is 11.3. The molecule has 0 atom stereocenters. The van der Waals surface area contributed by atoms with Crippen molar-refractivity contribution in [2.24, 2.45) is 0 Å². The van der Waals surface area contributed by atoms with Crippen molar-refractivity contribution in [3.63, 3.8) is 0 Å². The van der Waals surface area contributed by atoms with Crippen molar-refractivity contribution in [3.05, 3.63) is 64.5 Å². The van der Waals surface area contributed by atoms with Crippen LogP contribution in [0.2, 0.25) is 0 Å². The zero-order chi connectivity index (χ0) is 16.1. The molecular weight excluding hydrogens is 298 g/mol. The Bertz CT molecular complexity index is 850. The third-order valence-electron chi connectivity index (χ3n) is 5.27. The summed E-state index contributed by atoms with van der Waals surface area (Å²) in [4.78, 5) is 13.9. The van der Waals surface area contributed by atoms with E-state index in [-0.39, 0.29) is 5.78 Å². The summed E-state index contributed by atoms with van der Waals surface area (Å²) >= 11 is 0. The summed E-state index contributed by atoms with van der Waals surface area (Å²) in [5.74, 6) is 1.87. The van der Waals surface area contributed by atoms with E-state index in [0.29, 0.717) is 0 Å². The Hall–Kier alpha value is -2.55. The van der Waals surface area contributed by atoms with Crippen LogP contribution >= 0.6 is 0 Å². The molecule has 3 aliphatic heterocycles. The molecule has 3 heteroatoms. The first-order chi connectivity index (χ1) is 11.8. The van der Waals surface area contributed by atoms with E-state index >= 15 is 0 Å². The standard InChI is InChI=1S/C21H19NO2/c23-17-8-5-14(6-9-17)19-10-7-16-13-15-3-1-11-22-12-2-4-18(20(15)22)21(16)24-19/h5-10,13H,1-4,11-12H2. The van der Waals surface area contributed by atoms with Crippen LogP contribution < -0.4 is 9.64 Å². The number of carbonyl (C=O) groups excluding carboxylic acids is 1. The molecule has 0 fully saturated rings. The highest BCUT2D eigenvalue weighted by molar-refractivity contribution is 6.01. The second kappa shape index (κ2) is 5.23. The summed E-state index contributed by atoms with van der Waals surface area (Å²) in [6.07, 6.45) is 15.7. The first-order valence-electron chi connectivity index (χ1n) is 8.73. The van der Waals surface area contributed by atoms with Gasteiger partial charge < -0.3 is 9.64 Å². The lowest BCUT2D eigenvalue weighted by atomic mass is 9.88. The molecule has 1 aliphatic carbocycles. The second-order valence-electron chi connectivity index (χ2n) is 6.80. The monoisotopic (exact) mass is 317 g/mol. The molecule has 0 radical (unpaired) electrons. The average Bonchev–Trinajstić information content (AvgIpc) is 2.63. The lowest BCUT2D eigenvalue weighted by Crippen LogP contribution is -2.35. The number of nitrogens with zero attached hydrogens (tertiary/aromatic N) is 1. The number of anilines is 1. The minimum absolute atomic E-state index is 0.0272. The van der Waals surface area contributed by atoms with E-state index < -0.39 is 0 Å². The molecule has 0 saturated carbocycles. The molecule has 1 aromatic rings. The molecule has 0 saturated heterocycles. The Morgan fingerprint density at radius 2 is 1.71 bits per heavy atom. The molecule has 5 rings (SSSR count). The fraction of sp³-hybridized carbons (Fsp3) is 0.286. The van der Waals surface area contributed by atoms with Crippen LogP contribution in [0, 0.1) is 0 Å². The fourth-order valence-corrected chi connectivity index (χ4v) is 4.18. The van der Waals surface area contributed by atoms with Gasteiger partial charge in [-0.1, -0.05) is 0 Å². The third kappa shape index (κ3) is 2.08. The number of ketones is 1. The van der Waals surface area contributed by atoms with Gasteiger partial charge in [-0.3, -0.25) is 4.79 Å². The molecule has 0 spiro atoms. The van der Waals surface area contributed by atoms with E-state index in [1.165, 1.54) is 41.6 Å². The number of rotatable bonds is 0. The first kappa shape index (κ1) is 13.8. The van der Waals surface area contributed by atoms with Gasteiger partial charge in [0.15, 0.2) is 5.78 Å². The third-order valence-corrected chi connectivity index (χ3v) is 5.27. The Morgan fingerprint density at radius 3 is 2.54 bits per heavy atom. The van der Waals surface area contributed by atoms with Gasteiger partial charge in [-0.15, -0.1) is 0 Å². The number of hydrogen-bond acceptors (Lipinski definition) is 3. The molecule has 120 valence electrons. The summed E-state index contributed by atoms with van der Waals surface area (Å²) in [6, 6.07) is 2.31. The maximum absolute atomic E-state index is 11.3. The van der Waals surface area contributed by atoms with Crippen molar-refractivity contribution in [1.82, 2.24) is 0 Å². The predicted octanol–water partition coefficient (Wildman–Crippen LogP) is 3.74. The van der Waals surface area contributed by atoms with E-state index in [1.54, 1.807) is 12.2 Å². The molecule has 0 unspecified atom stereocenters. The van der Waals surface area contributed by atoms with Crippen LogP contribution in [0.15, 0.2) is 47.8 Å². The van der Waals surface area contributed by atoms with E-state index in [9.17, 15) is 4.79 Å². The highest BCUT2D eigenvalue weighted by atomic mass is 16.5. The summed E-state index contributed by atoms with van der Waals surface area (Å²) in [7, 11) is 0. The molecule has 1 aromatic carbocycles. The van der Waals surface area contributed by atoms with E-state index in [2.05, 4.69) is 17.0 Å². The number of aryl methyl sites for hydroxylation is 1. The average molecular weight is 317 g/mol. The Kier molecular flexibility index (Phi) is 3.02. The highest BCUT2D eigenvalue weighted by Crippen LogP contribution is 2.45. The van der Waals surface area contributed by atoms with Gasteiger partial charge in [-0.25, -0.2) is 0 Å². The molecule has 0 bridgehead atoms. The molecule has 0 amide bonds. The fourth-order valence-electron chi connectivity index (χ4n) is 4.18. The number of benzene rings is 1. The van der Waals surface area contributed by atoms with Crippen molar-refractivity contribution in [2.75, 3.05) is 18.0 Å². The predicted molar refractivity (Wildman–Crippen MR) is 95.3 cm³/mol. The molecule has 3 heterocycles. The van der Waals surface area contributed by atoms with Gasteiger partial charge in [-0.2, -0.15) is 0 Å². The molecule has 0 aromatic heterocycles. The van der Waals surface area contributed by atoms with E-state index in [0.717, 1.165) is 36.6 Å². The van der Waals surface area contributed by atoms with Crippen molar-refractivity contribution in [2.45, 2.75) is 25.7 Å². The summed E-state index contributed by atoms with van der Waals surface area (Å²) in [5, 5.41) is 0. The first-order valence-corrected chi connectivity index (χ1v) is 8.73. The van der Waals surface area contributed by atoms with Crippen LogP contribution in [-0.2, 0) is 17.6 Å². The zero-order valence-electron chi connectivity index (χ0n) is 13.5. The highest BCUT2D eigenvalue weighted by Gasteiger charge is 2.29. The van der Waals surface area contributed by atoms with Crippen LogP contribution in [0.5, 0.6) is 5.75 Å². The van der Waals surface area contributed by atoms with Crippen molar-refractivity contribution < 1.29 is 9.53 Å². The Labute approximate surface area is 141 Å². The van der Waals surface area contributed by atoms with Gasteiger partial charge in [0.2, 0.25) is 0 Å². The van der Waals surface area contributed by atoms with Gasteiger partial charge in [0.1, 0.15) is 11.5 Å². The Morgan fingerprint density at radius 1 is 0.917 bits per heavy atom.